The predicted octanol–water partition coefficient (Wildman–Crippen LogP) is 11.3. The van der Waals surface area contributed by atoms with Gasteiger partial charge in [-0.3, -0.25) is 14.5 Å². The van der Waals surface area contributed by atoms with Crippen LogP contribution in [0.15, 0.2) is 127 Å². The van der Waals surface area contributed by atoms with Gasteiger partial charge in [-0.2, -0.15) is 13.5 Å². The number of nitrogens with zero attached hydrogens (tertiary/aromatic N) is 14. The molecule has 8 aromatic rings. The molecular weight excluding hydrogens is 1740 g/mol. The van der Waals surface area contributed by atoms with E-state index in [1.807, 2.05) is 121 Å². The van der Waals surface area contributed by atoms with Gasteiger partial charge >= 0.3 is 24.1 Å². The van der Waals surface area contributed by atoms with Crippen molar-refractivity contribution in [2.45, 2.75) is 229 Å². The van der Waals surface area contributed by atoms with Crippen LogP contribution in [0.4, 0.5) is 47.4 Å². The zero-order chi connectivity index (χ0) is 93.7. The minimum Gasteiger partial charge on any atom is -0.381 e. The predicted molar refractivity (Wildman–Crippen MR) is 506 cm³/mol. The maximum absolute atomic E-state index is 14.1. The van der Waals surface area contributed by atoms with E-state index in [1.165, 1.54) is 17.2 Å². The Labute approximate surface area is 785 Å². The Morgan fingerprint density at radius 3 is 1.16 bits per heavy atom. The Morgan fingerprint density at radius 2 is 0.797 bits per heavy atom. The number of nitrogens with one attached hydrogen (secondary N) is 9. The van der Waals surface area contributed by atoms with Crippen molar-refractivity contribution in [3.05, 3.63) is 206 Å². The third-order valence-corrected chi connectivity index (χ3v) is 27.2. The number of anilines is 4. The van der Waals surface area contributed by atoms with Crippen LogP contribution in [-0.2, 0) is 103 Å². The van der Waals surface area contributed by atoms with Gasteiger partial charge in [-0.25, -0.2) is 71.9 Å². The molecule has 35 nitrogen and oxygen atoms in total. The Morgan fingerprint density at radius 1 is 0.451 bits per heavy atom. The Kier molecular flexibility index (Phi) is 32.5. The summed E-state index contributed by atoms with van der Waals surface area (Å²) in [6, 6.07) is 28.6. The molecule has 133 heavy (non-hydrogen) atoms. The number of carbonyl (C=O) groups excluding carboxylic acids is 6. The number of amides is 10. The lowest BCUT2D eigenvalue weighted by Gasteiger charge is -2.37. The number of halogens is 1. The minimum atomic E-state index is -3.30. The second-order valence-electron chi connectivity index (χ2n) is 37.1. The number of carbonyl (C=O) groups is 6. The van der Waals surface area contributed by atoms with E-state index in [2.05, 4.69) is 77.7 Å². The lowest BCUT2D eigenvalue weighted by Crippen LogP contribution is -2.53. The lowest BCUT2D eigenvalue weighted by atomic mass is 9.97. The van der Waals surface area contributed by atoms with Crippen molar-refractivity contribution in [1.29, 1.82) is 0 Å². The van der Waals surface area contributed by atoms with Crippen molar-refractivity contribution in [3.63, 3.8) is 0 Å². The molecule has 0 unspecified atom stereocenters. The van der Waals surface area contributed by atoms with Crippen LogP contribution >= 0.6 is 13.5 Å². The third kappa shape index (κ3) is 24.5. The van der Waals surface area contributed by atoms with Gasteiger partial charge < -0.3 is 91.3 Å². The van der Waals surface area contributed by atoms with Crippen LogP contribution < -0.4 is 47.9 Å². The summed E-state index contributed by atoms with van der Waals surface area (Å²) in [4.78, 5) is 125. The number of aromatic nitrogens is 8. The summed E-state index contributed by atoms with van der Waals surface area (Å²) in [7, 11) is 1.73. The van der Waals surface area contributed by atoms with Crippen LogP contribution in [0.25, 0.3) is 0 Å². The molecule has 9 aliphatic heterocycles. The molecule has 4 aromatic heterocycles. The molecular formula is C95H128FN23O12S2. The number of hydrogen-bond donors (Lipinski definition) is 9. The van der Waals surface area contributed by atoms with E-state index in [1.54, 1.807) is 90.6 Å². The second-order valence-corrected chi connectivity index (χ2v) is 39.1. The summed E-state index contributed by atoms with van der Waals surface area (Å²) in [6.07, 6.45) is 17.8. The number of ether oxygens (including phenoxy) is 4. The van der Waals surface area contributed by atoms with Crippen molar-refractivity contribution in [2.24, 2.45) is 0 Å². The quantitative estimate of drug-likeness (QED) is 0.0342. The molecule has 0 aliphatic carbocycles. The number of rotatable bonds is 20. The van der Waals surface area contributed by atoms with Gasteiger partial charge in [0, 0.05) is 207 Å². The normalized spacial score (nSPS) is 18.9. The van der Waals surface area contributed by atoms with Crippen molar-refractivity contribution in [1.82, 2.24) is 95.9 Å². The van der Waals surface area contributed by atoms with Crippen molar-refractivity contribution in [3.8, 4) is 0 Å². The summed E-state index contributed by atoms with van der Waals surface area (Å²) in [5.41, 5.74) is 9.42. The topological polar surface area (TPSA) is 404 Å². The summed E-state index contributed by atoms with van der Waals surface area (Å²) in [6.45, 7) is 26.7. The first kappa shape index (κ1) is 98.9. The number of hydrogen-bond acceptors (Lipinski definition) is 25. The number of sulfone groups is 1. The summed E-state index contributed by atoms with van der Waals surface area (Å²) in [5.74, 6) is 1.99. The lowest BCUT2D eigenvalue weighted by molar-refractivity contribution is 0.0826. The fourth-order valence-corrected chi connectivity index (χ4v) is 18.7. The molecule has 9 aliphatic rings. The molecule has 714 valence electrons. The van der Waals surface area contributed by atoms with E-state index in [0.717, 1.165) is 185 Å². The number of urea groups is 4. The van der Waals surface area contributed by atoms with Crippen LogP contribution in [0.1, 0.15) is 208 Å². The maximum Gasteiger partial charge on any atom is 0.318 e. The van der Waals surface area contributed by atoms with Gasteiger partial charge in [0.25, 0.3) is 11.8 Å². The molecule has 0 spiro atoms. The van der Waals surface area contributed by atoms with Gasteiger partial charge in [-0.05, 0) is 185 Å². The number of benzene rings is 4. The highest BCUT2D eigenvalue weighted by molar-refractivity contribution is 7.90. The zero-order valence-corrected chi connectivity index (χ0v) is 80.0. The van der Waals surface area contributed by atoms with Crippen LogP contribution in [0.2, 0.25) is 0 Å². The summed E-state index contributed by atoms with van der Waals surface area (Å²) in [5, 5.41) is 28.3. The van der Waals surface area contributed by atoms with Crippen molar-refractivity contribution >= 4 is 83.1 Å². The van der Waals surface area contributed by atoms with Gasteiger partial charge in [-0.15, -0.1) is 0 Å². The molecule has 38 heteroatoms. The molecule has 5 fully saturated rings. The van der Waals surface area contributed by atoms with Crippen LogP contribution in [0, 0.1) is 5.82 Å². The maximum atomic E-state index is 14.1. The van der Waals surface area contributed by atoms with Gasteiger partial charge in [0.05, 0.1) is 76.0 Å². The Bertz CT molecular complexity index is 5560. The summed E-state index contributed by atoms with van der Waals surface area (Å²) < 4.78 is 59.3. The molecule has 4 aromatic carbocycles. The molecule has 13 heterocycles. The average Bonchev–Trinajstić information content (AvgIpc) is 1.62. The number of piperidine rings is 1. The number of fused-ring (bicyclic) bond motifs is 4. The Hall–Kier alpha value is -11.6. The fraction of sp³-hybridized carbons (Fsp3) is 0.516. The monoisotopic (exact) mass is 1870 g/mol. The number of likely N-dealkylation sites (tertiary alicyclic amines) is 1. The highest BCUT2D eigenvalue weighted by Gasteiger charge is 2.47. The van der Waals surface area contributed by atoms with E-state index in [4.69, 9.17) is 33.9 Å². The van der Waals surface area contributed by atoms with Crippen LogP contribution in [0.5, 0.6) is 0 Å². The molecule has 0 radical (unpaired) electrons. The van der Waals surface area contributed by atoms with Gasteiger partial charge in [0.15, 0.2) is 9.84 Å². The standard InChI is InChI=1S/C26H35FN6O2.C24H32N6O3.C23H30N6O3.C22H29N5O4S.H2S/c1-26(2)21-14-28-24(29-19-9-12-35-13-10-19)31-23(21)17-33(26)25(34)30-20-7-5-11-32(16-20)15-18-6-3-4-8-22(18)27;1-24(2)19-14-25-22(27-18-8-10-33-11-9-18)28-20(19)15-30(24)23(32)26-13-16-6-5-7-17(12-16)21(31)29(3)4;1-23(2)18-13-25-21(27-17-7-9-32-10-8-17)28-19(18)14-29(23)22(31)26-12-15-5-4-6-16(11-15)20(30)24-3;1-22(2)18-13-23-20(25-16-7-9-31-10-8-16)26-19(18)14-27(22)21(28)24-12-15-5-4-6-17(11-15)32(3,29)30;/h3-4,6,8,14,19-20H,5,7,9-13,15-17H2,1-2H3,(H,30,34)(H,28,29,31);5-7,12,14,18H,8-11,13,15H2,1-4H3,(H,26,32)(H,25,27,28);4-6,11,13,17H,7-10,12,14H2,1-3H3,(H,24,30)(H,26,31)(H,25,27,28);4-6,11,13,16H,7-10,12,14H2,1-3H3,(H,24,28)(H,23,25,26);1H2/t20-;;;;/m0..../s1. The van der Waals surface area contributed by atoms with Crippen LogP contribution in [-0.4, -0.2) is 237 Å². The second kappa shape index (κ2) is 43.6. The molecule has 0 saturated carbocycles. The zero-order valence-electron chi connectivity index (χ0n) is 78.2. The first-order valence-corrected chi connectivity index (χ1v) is 47.5. The molecule has 0 bridgehead atoms. The molecule has 1 atom stereocenters. The molecule has 9 N–H and O–H groups in total. The highest BCUT2D eigenvalue weighted by Crippen LogP contribution is 2.43. The highest BCUT2D eigenvalue weighted by atomic mass is 32.2. The van der Waals surface area contributed by atoms with E-state index >= 15 is 0 Å². The third-order valence-electron chi connectivity index (χ3n) is 26.1. The molecule has 17 rings (SSSR count). The van der Waals surface area contributed by atoms with E-state index in [9.17, 15) is 41.6 Å². The van der Waals surface area contributed by atoms with Crippen molar-refractivity contribution < 1.29 is 60.5 Å². The van der Waals surface area contributed by atoms with Crippen LogP contribution in [0.3, 0.4) is 0 Å². The summed E-state index contributed by atoms with van der Waals surface area (Å²) >= 11 is 0. The first-order valence-electron chi connectivity index (χ1n) is 45.6. The van der Waals surface area contributed by atoms with E-state index in [-0.39, 0.29) is 72.7 Å². The smallest absolute Gasteiger partial charge is 0.318 e. The first-order chi connectivity index (χ1) is 63.2. The fourth-order valence-electron chi connectivity index (χ4n) is 18.0. The van der Waals surface area contributed by atoms with E-state index in [0.29, 0.717) is 117 Å². The van der Waals surface area contributed by atoms with Gasteiger partial charge in [-0.1, -0.05) is 54.6 Å². The molecule has 5 saturated heterocycles. The van der Waals surface area contributed by atoms with Gasteiger partial charge in [0.2, 0.25) is 23.8 Å². The Balaban J connectivity index is 0.000000150. The van der Waals surface area contributed by atoms with Crippen molar-refractivity contribution in [2.75, 3.05) is 115 Å². The average molecular weight is 1870 g/mol. The van der Waals surface area contributed by atoms with E-state index < -0.39 is 32.0 Å². The SMILES string of the molecule is CC1(C)c2cnc(NC3CCOCC3)nc2CN1C(=O)NCc1cccc(S(C)(=O)=O)c1.CC1(C)c2cnc(NC3CCOCC3)nc2CN1C(=O)N[C@H]1CCCN(Cc2ccccc2F)C1.CN(C)C(=O)c1cccc(CNC(=O)N2Cc3nc(NC4CCOCC4)ncc3C2(C)C)c1.CNC(=O)c1cccc(CNC(=O)N2Cc3nc(NC4CCOCC4)ncc3C2(C)C)c1.S. The molecule has 10 amide bonds. The van der Waals surface area contributed by atoms with Gasteiger partial charge in [0.1, 0.15) is 5.82 Å². The largest absolute Gasteiger partial charge is 0.381 e. The minimum absolute atomic E-state index is 0.